The number of hydrogen-bond acceptors (Lipinski definition) is 6. The Hall–Kier alpha value is -1.73. The molecule has 0 atom stereocenters. The topological polar surface area (TPSA) is 84.3 Å². The van der Waals surface area contributed by atoms with Gasteiger partial charge < -0.3 is 15.2 Å². The minimum absolute atomic E-state index is 0.318. The van der Waals surface area contributed by atoms with Crippen molar-refractivity contribution >= 4 is 33.3 Å². The highest BCUT2D eigenvalue weighted by atomic mass is 32.1. The van der Waals surface area contributed by atoms with Crippen LogP contribution in [0.25, 0.3) is 10.2 Å². The van der Waals surface area contributed by atoms with Gasteiger partial charge in [-0.3, -0.25) is 0 Å². The van der Waals surface area contributed by atoms with Crippen molar-refractivity contribution in [1.29, 1.82) is 0 Å². The molecule has 0 spiro atoms. The van der Waals surface area contributed by atoms with Crippen LogP contribution >= 0.6 is 11.3 Å². The van der Waals surface area contributed by atoms with Crippen LogP contribution in [-0.2, 0) is 4.74 Å². The van der Waals surface area contributed by atoms with Crippen molar-refractivity contribution in [3.63, 3.8) is 0 Å². The molecule has 2 N–H and O–H groups in total. The Bertz CT molecular complexity index is 667. The van der Waals surface area contributed by atoms with Gasteiger partial charge in [-0.25, -0.2) is 14.8 Å². The number of nitrogens with one attached hydrogen (secondary N) is 1. The van der Waals surface area contributed by atoms with Gasteiger partial charge >= 0.3 is 5.97 Å². The lowest BCUT2D eigenvalue weighted by Crippen LogP contribution is -2.12. The van der Waals surface area contributed by atoms with Gasteiger partial charge in [0.15, 0.2) is 0 Å². The molecule has 0 unspecified atom stereocenters. The summed E-state index contributed by atoms with van der Waals surface area (Å²) in [4.78, 5) is 20.6. The Labute approximate surface area is 126 Å². The van der Waals surface area contributed by atoms with E-state index in [2.05, 4.69) is 15.3 Å². The monoisotopic (exact) mass is 307 g/mol. The molecule has 1 saturated carbocycles. The van der Waals surface area contributed by atoms with Gasteiger partial charge in [-0.2, -0.15) is 0 Å². The molecular weight excluding hydrogens is 290 g/mol. The average Bonchev–Trinajstić information content (AvgIpc) is 3.21. The van der Waals surface area contributed by atoms with Gasteiger partial charge in [0.25, 0.3) is 0 Å². The minimum Gasteiger partial charge on any atom is -0.477 e. The molecule has 2 heterocycles. The van der Waals surface area contributed by atoms with E-state index in [1.54, 1.807) is 6.92 Å². The number of nitrogens with zero attached hydrogens (tertiary/aromatic N) is 2. The summed E-state index contributed by atoms with van der Waals surface area (Å²) in [5, 5.41) is 13.2. The molecule has 112 valence electrons. The van der Waals surface area contributed by atoms with Crippen LogP contribution in [0.3, 0.4) is 0 Å². The molecule has 1 aliphatic carbocycles. The molecule has 0 amide bonds. The maximum atomic E-state index is 11.2. The third-order valence-corrected chi connectivity index (χ3v) is 4.70. The zero-order valence-corrected chi connectivity index (χ0v) is 12.6. The quantitative estimate of drug-likeness (QED) is 0.765. The SMILES string of the molecule is Cc1c(C(=O)O)sc2ncnc(NCCOCC3CC3)c12. The van der Waals surface area contributed by atoms with E-state index in [4.69, 9.17) is 4.74 Å². The molecule has 2 aromatic heterocycles. The summed E-state index contributed by atoms with van der Waals surface area (Å²) in [5.41, 5.74) is 0.712. The highest BCUT2D eigenvalue weighted by Gasteiger charge is 2.21. The maximum absolute atomic E-state index is 11.2. The normalized spacial score (nSPS) is 14.5. The molecule has 0 aliphatic heterocycles. The molecule has 2 aromatic rings. The van der Waals surface area contributed by atoms with E-state index in [-0.39, 0.29) is 0 Å². The lowest BCUT2D eigenvalue weighted by Gasteiger charge is -2.07. The lowest BCUT2D eigenvalue weighted by molar-refractivity contribution is 0.0701. The van der Waals surface area contributed by atoms with Crippen LogP contribution in [0.15, 0.2) is 6.33 Å². The van der Waals surface area contributed by atoms with Crippen molar-refractivity contribution in [1.82, 2.24) is 9.97 Å². The third-order valence-electron chi connectivity index (χ3n) is 3.51. The number of anilines is 1. The zero-order chi connectivity index (χ0) is 14.8. The second-order valence-electron chi connectivity index (χ2n) is 5.21. The zero-order valence-electron chi connectivity index (χ0n) is 11.8. The van der Waals surface area contributed by atoms with Gasteiger partial charge in [0.1, 0.15) is 21.9 Å². The average molecular weight is 307 g/mol. The van der Waals surface area contributed by atoms with E-state index in [0.717, 1.165) is 17.9 Å². The molecule has 6 nitrogen and oxygen atoms in total. The summed E-state index contributed by atoms with van der Waals surface area (Å²) >= 11 is 1.18. The predicted molar refractivity (Wildman–Crippen MR) is 81.1 cm³/mol. The second kappa shape index (κ2) is 5.95. The Morgan fingerprint density at radius 2 is 2.33 bits per heavy atom. The molecule has 0 aromatic carbocycles. The van der Waals surface area contributed by atoms with Crippen LogP contribution < -0.4 is 5.32 Å². The third kappa shape index (κ3) is 3.14. The summed E-state index contributed by atoms with van der Waals surface area (Å²) in [7, 11) is 0. The number of aryl methyl sites for hydroxylation is 1. The molecule has 3 rings (SSSR count). The number of carboxylic acid groups (broad SMARTS) is 1. The first-order chi connectivity index (χ1) is 10.2. The fraction of sp³-hybridized carbons (Fsp3) is 0.500. The van der Waals surface area contributed by atoms with Gasteiger partial charge in [-0.15, -0.1) is 11.3 Å². The fourth-order valence-corrected chi connectivity index (χ4v) is 3.17. The largest absolute Gasteiger partial charge is 0.477 e. The second-order valence-corrected chi connectivity index (χ2v) is 6.21. The summed E-state index contributed by atoms with van der Waals surface area (Å²) in [6, 6.07) is 0. The molecule has 7 heteroatoms. The van der Waals surface area contributed by atoms with Gasteiger partial charge in [0.2, 0.25) is 0 Å². The number of carbonyl (C=O) groups is 1. The lowest BCUT2D eigenvalue weighted by atomic mass is 10.2. The highest BCUT2D eigenvalue weighted by molar-refractivity contribution is 7.20. The molecule has 0 bridgehead atoms. The Kier molecular flexibility index (Phi) is 4.03. The minimum atomic E-state index is -0.922. The number of hydrogen-bond donors (Lipinski definition) is 2. The number of aromatic nitrogens is 2. The Morgan fingerprint density at radius 1 is 1.52 bits per heavy atom. The summed E-state index contributed by atoms with van der Waals surface area (Å²) in [6.45, 7) is 3.90. The molecule has 1 fully saturated rings. The summed E-state index contributed by atoms with van der Waals surface area (Å²) in [5.74, 6) is 0.512. The van der Waals surface area contributed by atoms with Crippen LogP contribution in [0.4, 0.5) is 5.82 Å². The first-order valence-electron chi connectivity index (χ1n) is 6.96. The predicted octanol–water partition coefficient (Wildman–Crippen LogP) is 2.54. The van der Waals surface area contributed by atoms with Crippen molar-refractivity contribution < 1.29 is 14.6 Å². The van der Waals surface area contributed by atoms with Crippen molar-refractivity contribution in [3.8, 4) is 0 Å². The van der Waals surface area contributed by atoms with Crippen LogP contribution in [0, 0.1) is 12.8 Å². The van der Waals surface area contributed by atoms with E-state index in [1.807, 2.05) is 0 Å². The molecule has 0 radical (unpaired) electrons. The van der Waals surface area contributed by atoms with Crippen molar-refractivity contribution in [3.05, 3.63) is 16.8 Å². The highest BCUT2D eigenvalue weighted by Crippen LogP contribution is 2.33. The van der Waals surface area contributed by atoms with Gasteiger partial charge in [-0.05, 0) is 31.2 Å². The first kappa shape index (κ1) is 14.2. The van der Waals surface area contributed by atoms with Crippen molar-refractivity contribution in [2.24, 2.45) is 5.92 Å². The molecule has 0 saturated heterocycles. The van der Waals surface area contributed by atoms with Crippen molar-refractivity contribution in [2.75, 3.05) is 25.1 Å². The summed E-state index contributed by atoms with van der Waals surface area (Å²) < 4.78 is 5.57. The van der Waals surface area contributed by atoms with Gasteiger partial charge in [0.05, 0.1) is 12.0 Å². The fourth-order valence-electron chi connectivity index (χ4n) is 2.19. The number of fused-ring (bicyclic) bond motifs is 1. The molecule has 1 aliphatic rings. The Morgan fingerprint density at radius 3 is 3.05 bits per heavy atom. The van der Waals surface area contributed by atoms with Crippen LogP contribution in [-0.4, -0.2) is 40.8 Å². The smallest absolute Gasteiger partial charge is 0.346 e. The van der Waals surface area contributed by atoms with Crippen LogP contribution in [0.1, 0.15) is 28.1 Å². The van der Waals surface area contributed by atoms with E-state index >= 15 is 0 Å². The Balaban J connectivity index is 1.70. The number of rotatable bonds is 7. The maximum Gasteiger partial charge on any atom is 0.346 e. The van der Waals surface area contributed by atoms with E-state index in [0.29, 0.717) is 34.2 Å². The van der Waals surface area contributed by atoms with Gasteiger partial charge in [0, 0.05) is 13.2 Å². The molecule has 21 heavy (non-hydrogen) atoms. The summed E-state index contributed by atoms with van der Waals surface area (Å²) in [6.07, 6.45) is 4.02. The molecular formula is C14H17N3O3S. The van der Waals surface area contributed by atoms with E-state index in [1.165, 1.54) is 30.5 Å². The first-order valence-corrected chi connectivity index (χ1v) is 7.77. The number of thiophene rings is 1. The number of ether oxygens (including phenoxy) is 1. The number of carboxylic acids is 1. The van der Waals surface area contributed by atoms with Crippen LogP contribution in [0.5, 0.6) is 0 Å². The van der Waals surface area contributed by atoms with E-state index in [9.17, 15) is 9.90 Å². The van der Waals surface area contributed by atoms with E-state index < -0.39 is 5.97 Å². The van der Waals surface area contributed by atoms with Gasteiger partial charge in [-0.1, -0.05) is 0 Å². The standard InChI is InChI=1S/C14H17N3O3S/c1-8-10-12(15-4-5-20-6-9-2-3-9)16-7-17-13(10)21-11(8)14(18)19/h7,9H,2-6H2,1H3,(H,18,19)(H,15,16,17). The van der Waals surface area contributed by atoms with Crippen molar-refractivity contribution in [2.45, 2.75) is 19.8 Å². The number of aromatic carboxylic acids is 1. The van der Waals surface area contributed by atoms with Crippen LogP contribution in [0.2, 0.25) is 0 Å².